The van der Waals surface area contributed by atoms with Crippen LogP contribution in [-0.2, 0) is 19.1 Å². The van der Waals surface area contributed by atoms with E-state index in [1.165, 1.54) is 0 Å². The molecule has 134 valence electrons. The molecule has 4 N–H and O–H groups in total. The van der Waals surface area contributed by atoms with Gasteiger partial charge in [0, 0.05) is 6.54 Å². The second-order valence-corrected chi connectivity index (χ2v) is 6.71. The minimum atomic E-state index is -1.82. The summed E-state index contributed by atoms with van der Waals surface area (Å²) in [6.45, 7) is 10.9. The SMILES string of the molecule is CC(C)(C)OC(=O)N1C[C@@H](CN)OC(C)(C)C1.O=C(O)C(=O)O. The number of amides is 1. The summed E-state index contributed by atoms with van der Waals surface area (Å²) in [5, 5.41) is 14.8. The average molecular weight is 334 g/mol. The smallest absolute Gasteiger partial charge is 0.414 e. The van der Waals surface area contributed by atoms with Crippen LogP contribution in [-0.4, -0.2) is 70.1 Å². The van der Waals surface area contributed by atoms with Crippen LogP contribution in [0.1, 0.15) is 34.6 Å². The van der Waals surface area contributed by atoms with Gasteiger partial charge in [-0.3, -0.25) is 0 Å². The maximum atomic E-state index is 12.0. The van der Waals surface area contributed by atoms with Gasteiger partial charge in [-0.15, -0.1) is 0 Å². The number of carboxylic acid groups (broad SMARTS) is 2. The van der Waals surface area contributed by atoms with Crippen LogP contribution in [0.25, 0.3) is 0 Å². The van der Waals surface area contributed by atoms with Crippen LogP contribution in [0.4, 0.5) is 4.79 Å². The Hall–Kier alpha value is -1.87. The Kier molecular flexibility index (Phi) is 7.45. The molecule has 1 rings (SSSR count). The topological polar surface area (TPSA) is 139 Å². The first-order valence-electron chi connectivity index (χ1n) is 7.09. The van der Waals surface area contributed by atoms with Crippen LogP contribution < -0.4 is 5.73 Å². The van der Waals surface area contributed by atoms with Gasteiger partial charge in [0.15, 0.2) is 0 Å². The zero-order valence-electron chi connectivity index (χ0n) is 14.2. The van der Waals surface area contributed by atoms with E-state index in [1.54, 1.807) is 4.90 Å². The molecule has 1 atom stereocenters. The Bertz CT molecular complexity index is 431. The van der Waals surface area contributed by atoms with E-state index >= 15 is 0 Å². The van der Waals surface area contributed by atoms with E-state index in [0.29, 0.717) is 19.6 Å². The molecule has 1 heterocycles. The number of rotatable bonds is 1. The lowest BCUT2D eigenvalue weighted by Gasteiger charge is -2.42. The third-order valence-corrected chi connectivity index (χ3v) is 2.58. The highest BCUT2D eigenvalue weighted by atomic mass is 16.6. The molecule has 0 unspecified atom stereocenters. The van der Waals surface area contributed by atoms with Crippen molar-refractivity contribution >= 4 is 18.0 Å². The highest BCUT2D eigenvalue weighted by molar-refractivity contribution is 6.27. The lowest BCUT2D eigenvalue weighted by Crippen LogP contribution is -2.57. The van der Waals surface area contributed by atoms with Gasteiger partial charge in [-0.2, -0.15) is 0 Å². The predicted octanol–water partition coefficient (Wildman–Crippen LogP) is 0.515. The maximum absolute atomic E-state index is 12.0. The number of carbonyl (C=O) groups excluding carboxylic acids is 1. The number of morpholine rings is 1. The molecule has 9 nitrogen and oxygen atoms in total. The summed E-state index contributed by atoms with van der Waals surface area (Å²) in [7, 11) is 0. The van der Waals surface area contributed by atoms with E-state index in [9.17, 15) is 4.79 Å². The molecule has 0 radical (unpaired) electrons. The molecule has 1 saturated heterocycles. The first-order valence-corrected chi connectivity index (χ1v) is 7.09. The van der Waals surface area contributed by atoms with Crippen LogP contribution >= 0.6 is 0 Å². The predicted molar refractivity (Wildman–Crippen MR) is 81.1 cm³/mol. The Morgan fingerprint density at radius 3 is 2.09 bits per heavy atom. The van der Waals surface area contributed by atoms with Crippen LogP contribution in [0.5, 0.6) is 0 Å². The van der Waals surface area contributed by atoms with Crippen molar-refractivity contribution in [3.8, 4) is 0 Å². The fraction of sp³-hybridized carbons (Fsp3) is 0.786. The Morgan fingerprint density at radius 2 is 1.74 bits per heavy atom. The molecule has 1 aliphatic heterocycles. The van der Waals surface area contributed by atoms with E-state index < -0.39 is 17.5 Å². The van der Waals surface area contributed by atoms with Gasteiger partial charge in [-0.25, -0.2) is 14.4 Å². The Morgan fingerprint density at radius 1 is 1.26 bits per heavy atom. The highest BCUT2D eigenvalue weighted by Gasteiger charge is 2.36. The van der Waals surface area contributed by atoms with Gasteiger partial charge in [0.2, 0.25) is 0 Å². The van der Waals surface area contributed by atoms with Crippen molar-refractivity contribution in [2.24, 2.45) is 5.73 Å². The van der Waals surface area contributed by atoms with Crippen molar-refractivity contribution in [3.05, 3.63) is 0 Å². The second-order valence-electron chi connectivity index (χ2n) is 6.71. The molecule has 0 saturated carbocycles. The van der Waals surface area contributed by atoms with E-state index in [-0.39, 0.29) is 17.8 Å². The minimum absolute atomic E-state index is 0.119. The quantitative estimate of drug-likeness (QED) is 0.589. The molecule has 0 aromatic heterocycles. The average Bonchev–Trinajstić information content (AvgIpc) is 2.35. The largest absolute Gasteiger partial charge is 0.473 e. The van der Waals surface area contributed by atoms with Gasteiger partial charge < -0.3 is 30.3 Å². The number of carboxylic acids is 2. The van der Waals surface area contributed by atoms with Crippen molar-refractivity contribution in [3.63, 3.8) is 0 Å². The molecule has 0 aliphatic carbocycles. The van der Waals surface area contributed by atoms with Crippen LogP contribution in [0.3, 0.4) is 0 Å². The number of nitrogens with two attached hydrogens (primary N) is 1. The fourth-order valence-electron chi connectivity index (χ4n) is 1.88. The summed E-state index contributed by atoms with van der Waals surface area (Å²) in [6, 6.07) is 0. The van der Waals surface area contributed by atoms with Crippen molar-refractivity contribution in [2.45, 2.75) is 51.9 Å². The zero-order chi connectivity index (χ0) is 18.4. The number of hydrogen-bond acceptors (Lipinski definition) is 6. The summed E-state index contributed by atoms with van der Waals surface area (Å²) >= 11 is 0. The maximum Gasteiger partial charge on any atom is 0.414 e. The lowest BCUT2D eigenvalue weighted by atomic mass is 10.1. The molecule has 23 heavy (non-hydrogen) atoms. The van der Waals surface area contributed by atoms with E-state index in [1.807, 2.05) is 34.6 Å². The van der Waals surface area contributed by atoms with Crippen molar-refractivity contribution in [1.82, 2.24) is 4.90 Å². The van der Waals surface area contributed by atoms with Gasteiger partial charge in [-0.05, 0) is 34.6 Å². The minimum Gasteiger partial charge on any atom is -0.473 e. The van der Waals surface area contributed by atoms with E-state index in [0.717, 1.165) is 0 Å². The zero-order valence-corrected chi connectivity index (χ0v) is 14.2. The summed E-state index contributed by atoms with van der Waals surface area (Å²) < 4.78 is 11.1. The molecule has 0 aromatic carbocycles. The lowest BCUT2D eigenvalue weighted by molar-refractivity contribution is -0.159. The van der Waals surface area contributed by atoms with Crippen LogP contribution in [0, 0.1) is 0 Å². The molecular formula is C14H26N2O7. The normalized spacial score (nSPS) is 20.1. The number of nitrogens with zero attached hydrogens (tertiary/aromatic N) is 1. The number of aliphatic carboxylic acids is 2. The first kappa shape index (κ1) is 21.1. The highest BCUT2D eigenvalue weighted by Crippen LogP contribution is 2.22. The molecule has 0 aromatic rings. The number of hydrogen-bond donors (Lipinski definition) is 3. The summed E-state index contributed by atoms with van der Waals surface area (Å²) in [5.41, 5.74) is 4.76. The fourth-order valence-corrected chi connectivity index (χ4v) is 1.88. The molecule has 1 fully saturated rings. The molecule has 9 heteroatoms. The third-order valence-electron chi connectivity index (χ3n) is 2.58. The van der Waals surface area contributed by atoms with Crippen molar-refractivity contribution in [1.29, 1.82) is 0 Å². The van der Waals surface area contributed by atoms with E-state index in [2.05, 4.69) is 0 Å². The monoisotopic (exact) mass is 334 g/mol. The number of carbonyl (C=O) groups is 3. The summed E-state index contributed by atoms with van der Waals surface area (Å²) in [5.74, 6) is -3.65. The first-order chi connectivity index (χ1) is 10.3. The number of ether oxygens (including phenoxy) is 2. The van der Waals surface area contributed by atoms with Gasteiger partial charge >= 0.3 is 18.0 Å². The standard InChI is InChI=1S/C12H24N2O3.C2H2O4/c1-11(2,3)17-10(15)14-7-9(6-13)16-12(4,5)8-14;3-1(4)2(5)6/h9H,6-8,13H2,1-5H3;(H,3,4)(H,5,6)/t9-;/m1./s1. The molecular weight excluding hydrogens is 308 g/mol. The second kappa shape index (κ2) is 8.11. The van der Waals surface area contributed by atoms with Crippen LogP contribution in [0.2, 0.25) is 0 Å². The Labute approximate surface area is 135 Å². The van der Waals surface area contributed by atoms with Crippen molar-refractivity contribution < 1.29 is 34.1 Å². The van der Waals surface area contributed by atoms with E-state index in [4.69, 9.17) is 35.0 Å². The summed E-state index contributed by atoms with van der Waals surface area (Å²) in [4.78, 5) is 31.8. The molecule has 0 spiro atoms. The van der Waals surface area contributed by atoms with Gasteiger partial charge in [0.1, 0.15) is 5.60 Å². The van der Waals surface area contributed by atoms with Crippen molar-refractivity contribution in [2.75, 3.05) is 19.6 Å². The molecule has 1 amide bonds. The van der Waals surface area contributed by atoms with Gasteiger partial charge in [0.05, 0.1) is 24.8 Å². The molecule has 1 aliphatic rings. The molecule has 0 bridgehead atoms. The van der Waals surface area contributed by atoms with Crippen LogP contribution in [0.15, 0.2) is 0 Å². The summed E-state index contributed by atoms with van der Waals surface area (Å²) in [6.07, 6.45) is -0.418. The Balaban J connectivity index is 0.000000688. The van der Waals surface area contributed by atoms with Gasteiger partial charge in [-0.1, -0.05) is 0 Å². The van der Waals surface area contributed by atoms with Gasteiger partial charge in [0.25, 0.3) is 0 Å². The third kappa shape index (κ3) is 8.99.